The average molecular weight is 975 g/mol. The van der Waals surface area contributed by atoms with Crippen molar-refractivity contribution < 1.29 is 4.74 Å². The van der Waals surface area contributed by atoms with Crippen molar-refractivity contribution in [3.63, 3.8) is 0 Å². The number of unbranched alkanes of at least 4 members (excludes halogenated alkanes) is 17. The minimum absolute atomic E-state index is 0.177. The standard InChI is InChI=1S/C38H73N3OS2.C23H46/c1-13-14-15-16-17-18-19-20-22-34(4)29-37(7,8)31-38(9,10)32-41(30-33(2)3)35(5)23-21-27-43-44-28-26-42-36(6)39-24-25-40(11)12;1-5-8-10-12-14-16-19-23(21-22(4)18-7-3)20-17-15-13-11-9-6-2/h39H,2,4-6,13-32H2,1,3,7-12H3;23H,4-21H2,1-3H3. The Hall–Kier alpha value is -1.24. The molecule has 0 amide bonds. The Morgan fingerprint density at radius 3 is 1.60 bits per heavy atom. The van der Waals surface area contributed by atoms with Crippen molar-refractivity contribution in [2.45, 2.75) is 255 Å². The highest BCUT2D eigenvalue weighted by molar-refractivity contribution is 8.76. The first-order valence-electron chi connectivity index (χ1n) is 28.3. The summed E-state index contributed by atoms with van der Waals surface area (Å²) in [6.07, 6.45) is 40.5. The summed E-state index contributed by atoms with van der Waals surface area (Å²) in [6.45, 7) is 46.9. The Morgan fingerprint density at radius 1 is 0.582 bits per heavy atom. The number of ether oxygens (including phenoxy) is 1. The van der Waals surface area contributed by atoms with Crippen LogP contribution in [0.3, 0.4) is 0 Å². The lowest BCUT2D eigenvalue weighted by Gasteiger charge is -2.40. The number of hydrogen-bond donors (Lipinski definition) is 1. The van der Waals surface area contributed by atoms with Crippen LogP contribution < -0.4 is 5.32 Å². The van der Waals surface area contributed by atoms with Crippen LogP contribution in [-0.4, -0.2) is 68.2 Å². The van der Waals surface area contributed by atoms with Crippen LogP contribution in [0.4, 0.5) is 0 Å². The summed E-state index contributed by atoms with van der Waals surface area (Å²) in [5, 5.41) is 3.22. The maximum atomic E-state index is 5.69. The van der Waals surface area contributed by atoms with Gasteiger partial charge in [0.15, 0.2) is 5.88 Å². The lowest BCUT2D eigenvalue weighted by atomic mass is 9.71. The summed E-state index contributed by atoms with van der Waals surface area (Å²) in [7, 11) is 7.93. The van der Waals surface area contributed by atoms with E-state index >= 15 is 0 Å². The Kier molecular flexibility index (Phi) is 46.4. The molecule has 396 valence electrons. The van der Waals surface area contributed by atoms with Gasteiger partial charge in [-0.05, 0) is 95.7 Å². The van der Waals surface area contributed by atoms with Gasteiger partial charge in [0.05, 0.1) is 6.61 Å². The maximum Gasteiger partial charge on any atom is 0.179 e. The van der Waals surface area contributed by atoms with E-state index in [0.717, 1.165) is 62.9 Å². The summed E-state index contributed by atoms with van der Waals surface area (Å²) in [5.74, 6) is 3.66. The van der Waals surface area contributed by atoms with Crippen molar-refractivity contribution in [2.24, 2.45) is 16.7 Å². The van der Waals surface area contributed by atoms with E-state index < -0.39 is 0 Å². The fourth-order valence-electron chi connectivity index (χ4n) is 9.73. The predicted octanol–water partition coefficient (Wildman–Crippen LogP) is 19.9. The molecule has 0 saturated carbocycles. The van der Waals surface area contributed by atoms with Gasteiger partial charge in [0.2, 0.25) is 0 Å². The van der Waals surface area contributed by atoms with Crippen LogP contribution in [0.25, 0.3) is 0 Å². The average Bonchev–Trinajstić information content (AvgIpc) is 3.24. The van der Waals surface area contributed by atoms with Gasteiger partial charge in [0, 0.05) is 43.4 Å². The molecule has 0 fully saturated rings. The van der Waals surface area contributed by atoms with E-state index in [0.29, 0.717) is 12.5 Å². The van der Waals surface area contributed by atoms with Crippen molar-refractivity contribution in [1.82, 2.24) is 15.1 Å². The van der Waals surface area contributed by atoms with E-state index in [1.807, 2.05) is 21.6 Å². The summed E-state index contributed by atoms with van der Waals surface area (Å²) in [4.78, 5) is 4.63. The van der Waals surface area contributed by atoms with E-state index in [1.54, 1.807) is 0 Å². The second-order valence-electron chi connectivity index (χ2n) is 22.5. The van der Waals surface area contributed by atoms with Crippen molar-refractivity contribution in [3.05, 3.63) is 61.2 Å². The van der Waals surface area contributed by atoms with Crippen LogP contribution >= 0.6 is 21.6 Å². The smallest absolute Gasteiger partial charge is 0.179 e. The SMILES string of the molecule is C=C(C)CN(CC(C)(C)CC(C)(C)CC(=C)CCCCCCCCCC)C(=C)CCCSSCCOC(=C)NCCN(C)C.C=C(CCC)CC(CCCCCCCC)CCCCCCCC. The van der Waals surface area contributed by atoms with Gasteiger partial charge in [-0.1, -0.05) is 261 Å². The third-order valence-electron chi connectivity index (χ3n) is 12.8. The first kappa shape index (κ1) is 67.8. The molecule has 0 bridgehead atoms. The summed E-state index contributed by atoms with van der Waals surface area (Å²) in [6, 6.07) is 0. The van der Waals surface area contributed by atoms with Crippen LogP contribution in [0.1, 0.15) is 255 Å². The Labute approximate surface area is 430 Å². The van der Waals surface area contributed by atoms with Crippen LogP contribution in [0.2, 0.25) is 0 Å². The van der Waals surface area contributed by atoms with Gasteiger partial charge < -0.3 is 19.9 Å². The van der Waals surface area contributed by atoms with Crippen LogP contribution in [0.15, 0.2) is 61.2 Å². The van der Waals surface area contributed by atoms with E-state index in [9.17, 15) is 0 Å². The Bertz CT molecular complexity index is 1190. The minimum atomic E-state index is 0.177. The van der Waals surface area contributed by atoms with Crippen molar-refractivity contribution in [3.8, 4) is 0 Å². The molecule has 0 aromatic carbocycles. The predicted molar refractivity (Wildman–Crippen MR) is 313 cm³/mol. The minimum Gasteiger partial charge on any atom is -0.479 e. The zero-order chi connectivity index (χ0) is 50.6. The van der Waals surface area contributed by atoms with Crippen LogP contribution in [0.5, 0.6) is 0 Å². The molecular formula is C61H119N3OS2. The first-order valence-corrected chi connectivity index (χ1v) is 30.8. The van der Waals surface area contributed by atoms with Gasteiger partial charge in [-0.25, -0.2) is 0 Å². The first-order chi connectivity index (χ1) is 31.9. The molecule has 0 atom stereocenters. The molecule has 0 heterocycles. The van der Waals surface area contributed by atoms with E-state index in [1.165, 1.54) is 196 Å². The summed E-state index contributed by atoms with van der Waals surface area (Å²) >= 11 is 0. The molecule has 1 N–H and O–H groups in total. The molecule has 0 radical (unpaired) electrons. The molecule has 0 aromatic rings. The second-order valence-corrected chi connectivity index (χ2v) is 25.2. The van der Waals surface area contributed by atoms with E-state index in [-0.39, 0.29) is 10.8 Å². The third kappa shape index (κ3) is 48.2. The number of nitrogens with zero attached hydrogens (tertiary/aromatic N) is 2. The number of rotatable bonds is 49. The van der Waals surface area contributed by atoms with Gasteiger partial charge >= 0.3 is 0 Å². The zero-order valence-corrected chi connectivity index (χ0v) is 49.0. The maximum absolute atomic E-state index is 5.69. The topological polar surface area (TPSA) is 27.7 Å². The van der Waals surface area contributed by atoms with Gasteiger partial charge in [0.1, 0.15) is 0 Å². The highest BCUT2D eigenvalue weighted by Crippen LogP contribution is 2.40. The molecule has 0 aliphatic heterocycles. The second kappa shape index (κ2) is 45.9. The van der Waals surface area contributed by atoms with Crippen molar-refractivity contribution >= 4 is 21.6 Å². The van der Waals surface area contributed by atoms with Crippen molar-refractivity contribution in [1.29, 1.82) is 0 Å². The Balaban J connectivity index is 0. The zero-order valence-electron chi connectivity index (χ0n) is 47.4. The van der Waals surface area contributed by atoms with Crippen LogP contribution in [-0.2, 0) is 4.74 Å². The van der Waals surface area contributed by atoms with Crippen LogP contribution in [0, 0.1) is 16.7 Å². The fraction of sp³-hybridized carbons (Fsp3) is 0.836. The van der Waals surface area contributed by atoms with Gasteiger partial charge in [-0.3, -0.25) is 0 Å². The number of nitrogens with one attached hydrogen (secondary N) is 1. The third-order valence-corrected chi connectivity index (χ3v) is 15.3. The molecule has 0 saturated heterocycles. The normalized spacial score (nSPS) is 11.7. The highest BCUT2D eigenvalue weighted by Gasteiger charge is 2.31. The number of likely N-dealkylation sites (N-methyl/N-ethyl adjacent to an activating group) is 1. The molecule has 0 aliphatic carbocycles. The lowest BCUT2D eigenvalue weighted by Crippen LogP contribution is -2.37. The lowest BCUT2D eigenvalue weighted by molar-refractivity contribution is 0.143. The molecule has 0 rings (SSSR count). The monoisotopic (exact) mass is 974 g/mol. The molecule has 6 heteroatoms. The molecule has 0 aliphatic rings. The molecular weight excluding hydrogens is 855 g/mol. The summed E-state index contributed by atoms with van der Waals surface area (Å²) in [5.41, 5.74) is 5.80. The molecule has 0 aromatic heterocycles. The molecule has 67 heavy (non-hydrogen) atoms. The van der Waals surface area contributed by atoms with Gasteiger partial charge in [-0.15, -0.1) is 0 Å². The summed E-state index contributed by atoms with van der Waals surface area (Å²) < 4.78 is 5.69. The Morgan fingerprint density at radius 2 is 1.09 bits per heavy atom. The van der Waals surface area contributed by atoms with Gasteiger partial charge in [0.25, 0.3) is 0 Å². The molecule has 4 nitrogen and oxygen atoms in total. The van der Waals surface area contributed by atoms with Crippen molar-refractivity contribution in [2.75, 3.05) is 58.4 Å². The quantitative estimate of drug-likeness (QED) is 0.0283. The van der Waals surface area contributed by atoms with E-state index in [4.69, 9.17) is 4.74 Å². The molecule has 0 spiro atoms. The van der Waals surface area contributed by atoms with Gasteiger partial charge in [-0.2, -0.15) is 0 Å². The highest BCUT2D eigenvalue weighted by atomic mass is 33.1. The number of hydrogen-bond acceptors (Lipinski definition) is 6. The number of allylic oxidation sites excluding steroid dienone is 3. The molecule has 0 unspecified atom stereocenters. The van der Waals surface area contributed by atoms with E-state index in [2.05, 4.69) is 124 Å². The largest absolute Gasteiger partial charge is 0.479 e. The fourth-order valence-corrected chi connectivity index (χ4v) is 11.6.